The van der Waals surface area contributed by atoms with Gasteiger partial charge in [0.2, 0.25) is 0 Å². The van der Waals surface area contributed by atoms with Crippen molar-refractivity contribution in [1.82, 2.24) is 19.9 Å². The van der Waals surface area contributed by atoms with Crippen LogP contribution in [0.2, 0.25) is 0 Å². The van der Waals surface area contributed by atoms with Crippen molar-refractivity contribution in [3.63, 3.8) is 0 Å². The van der Waals surface area contributed by atoms with Gasteiger partial charge in [0.1, 0.15) is 22.5 Å². The molecule has 138 valence electrons. The summed E-state index contributed by atoms with van der Waals surface area (Å²) in [5, 5.41) is 9.60. The van der Waals surface area contributed by atoms with Crippen molar-refractivity contribution in [3.05, 3.63) is 50.5 Å². The van der Waals surface area contributed by atoms with Crippen LogP contribution in [0.25, 0.3) is 10.2 Å². The molecule has 4 heterocycles. The second kappa shape index (κ2) is 7.10. The molecule has 3 aromatic heterocycles. The third-order valence-electron chi connectivity index (χ3n) is 5.03. The van der Waals surface area contributed by atoms with E-state index in [0.29, 0.717) is 12.1 Å². The molecule has 0 unspecified atom stereocenters. The molecule has 0 aliphatic carbocycles. The van der Waals surface area contributed by atoms with Crippen LogP contribution in [0, 0.1) is 25.2 Å². The number of anilines is 1. The van der Waals surface area contributed by atoms with Crippen LogP contribution in [0.3, 0.4) is 0 Å². The van der Waals surface area contributed by atoms with Crippen molar-refractivity contribution >= 4 is 27.4 Å². The van der Waals surface area contributed by atoms with Crippen LogP contribution < -0.4 is 10.5 Å². The SMILES string of the molecule is Cc1sc2nc(CN3CCN(c4ccc(C#N)cn4)CC3)[nH]c(=O)c2c1C. The molecule has 1 N–H and O–H groups in total. The Morgan fingerprint density at radius 2 is 2.04 bits per heavy atom. The van der Waals surface area contributed by atoms with E-state index in [2.05, 4.69) is 30.8 Å². The van der Waals surface area contributed by atoms with Crippen LogP contribution >= 0.6 is 11.3 Å². The van der Waals surface area contributed by atoms with Crippen molar-refractivity contribution < 1.29 is 0 Å². The van der Waals surface area contributed by atoms with Gasteiger partial charge in [-0.3, -0.25) is 9.69 Å². The van der Waals surface area contributed by atoms with Gasteiger partial charge >= 0.3 is 0 Å². The van der Waals surface area contributed by atoms with Crippen molar-refractivity contribution in [1.29, 1.82) is 5.26 Å². The number of fused-ring (bicyclic) bond motifs is 1. The van der Waals surface area contributed by atoms with E-state index in [4.69, 9.17) is 5.26 Å². The molecule has 0 aromatic carbocycles. The zero-order chi connectivity index (χ0) is 19.0. The standard InChI is InChI=1S/C19H20N6OS/c1-12-13(2)27-19-17(12)18(26)22-15(23-19)11-24-5-7-25(8-6-24)16-4-3-14(9-20)10-21-16/h3-4,10H,5-8,11H2,1-2H3,(H,22,23,26). The Hall–Kier alpha value is -2.76. The zero-order valence-electron chi connectivity index (χ0n) is 15.3. The predicted octanol–water partition coefficient (Wildman–Crippen LogP) is 2.19. The fourth-order valence-electron chi connectivity index (χ4n) is 3.36. The van der Waals surface area contributed by atoms with E-state index in [1.54, 1.807) is 23.6 Å². The fourth-order valence-corrected chi connectivity index (χ4v) is 4.41. The summed E-state index contributed by atoms with van der Waals surface area (Å²) in [6, 6.07) is 5.78. The summed E-state index contributed by atoms with van der Waals surface area (Å²) < 4.78 is 0. The topological polar surface area (TPSA) is 88.9 Å². The van der Waals surface area contributed by atoms with Crippen LogP contribution in [0.5, 0.6) is 0 Å². The first-order valence-electron chi connectivity index (χ1n) is 8.87. The number of hydrogen-bond donors (Lipinski definition) is 1. The van der Waals surface area contributed by atoms with E-state index < -0.39 is 0 Å². The third-order valence-corrected chi connectivity index (χ3v) is 6.14. The zero-order valence-corrected chi connectivity index (χ0v) is 16.1. The minimum absolute atomic E-state index is 0.0442. The van der Waals surface area contributed by atoms with E-state index in [9.17, 15) is 4.79 Å². The first-order valence-corrected chi connectivity index (χ1v) is 9.69. The Kier molecular flexibility index (Phi) is 4.64. The van der Waals surface area contributed by atoms with Crippen LogP contribution in [0.4, 0.5) is 5.82 Å². The monoisotopic (exact) mass is 380 g/mol. The average Bonchev–Trinajstić information content (AvgIpc) is 2.96. The highest BCUT2D eigenvalue weighted by atomic mass is 32.1. The number of nitrogens with one attached hydrogen (secondary N) is 1. The number of nitriles is 1. The minimum Gasteiger partial charge on any atom is -0.354 e. The number of hydrogen-bond acceptors (Lipinski definition) is 7. The number of H-pyrrole nitrogens is 1. The number of piperazine rings is 1. The van der Waals surface area contributed by atoms with Gasteiger partial charge in [0.05, 0.1) is 17.5 Å². The number of aryl methyl sites for hydroxylation is 2. The summed E-state index contributed by atoms with van der Waals surface area (Å²) in [6.45, 7) is 8.07. The normalized spacial score (nSPS) is 15.2. The summed E-state index contributed by atoms with van der Waals surface area (Å²) in [5.74, 6) is 1.62. The Bertz CT molecular complexity index is 1070. The maximum Gasteiger partial charge on any atom is 0.259 e. The van der Waals surface area contributed by atoms with E-state index >= 15 is 0 Å². The molecule has 0 amide bonds. The molecule has 27 heavy (non-hydrogen) atoms. The van der Waals surface area contributed by atoms with Gasteiger partial charge in [-0.25, -0.2) is 9.97 Å². The minimum atomic E-state index is -0.0442. The van der Waals surface area contributed by atoms with Gasteiger partial charge in [-0.1, -0.05) is 0 Å². The predicted molar refractivity (Wildman–Crippen MR) is 106 cm³/mol. The molecule has 0 atom stereocenters. The van der Waals surface area contributed by atoms with E-state index in [-0.39, 0.29) is 5.56 Å². The van der Waals surface area contributed by atoms with Gasteiger partial charge in [0, 0.05) is 37.3 Å². The van der Waals surface area contributed by atoms with Gasteiger partial charge in [-0.05, 0) is 31.5 Å². The summed E-state index contributed by atoms with van der Waals surface area (Å²) in [5.41, 5.74) is 1.55. The van der Waals surface area contributed by atoms with Gasteiger partial charge in [0.25, 0.3) is 5.56 Å². The molecule has 3 aromatic rings. The largest absolute Gasteiger partial charge is 0.354 e. The van der Waals surface area contributed by atoms with Crippen LogP contribution in [-0.4, -0.2) is 46.0 Å². The molecule has 7 nitrogen and oxygen atoms in total. The van der Waals surface area contributed by atoms with Crippen molar-refractivity contribution in [2.24, 2.45) is 0 Å². The number of aromatic nitrogens is 3. The number of thiophene rings is 1. The van der Waals surface area contributed by atoms with Crippen LogP contribution in [-0.2, 0) is 6.54 Å². The molecule has 0 saturated carbocycles. The second-order valence-corrected chi connectivity index (χ2v) is 7.96. The molecule has 8 heteroatoms. The summed E-state index contributed by atoms with van der Waals surface area (Å²) in [6.07, 6.45) is 1.61. The second-order valence-electron chi connectivity index (χ2n) is 6.76. The van der Waals surface area contributed by atoms with Crippen molar-refractivity contribution in [2.75, 3.05) is 31.1 Å². The average molecular weight is 380 g/mol. The lowest BCUT2D eigenvalue weighted by Gasteiger charge is -2.35. The number of nitrogens with zero attached hydrogens (tertiary/aromatic N) is 5. The first-order chi connectivity index (χ1) is 13.0. The smallest absolute Gasteiger partial charge is 0.259 e. The number of aromatic amines is 1. The molecular weight excluding hydrogens is 360 g/mol. The molecule has 0 bridgehead atoms. The Labute approximate surface area is 160 Å². The Morgan fingerprint density at radius 1 is 1.26 bits per heavy atom. The van der Waals surface area contributed by atoms with Gasteiger partial charge in [0.15, 0.2) is 0 Å². The van der Waals surface area contributed by atoms with Crippen molar-refractivity contribution in [2.45, 2.75) is 20.4 Å². The lowest BCUT2D eigenvalue weighted by Crippen LogP contribution is -2.46. The number of rotatable bonds is 3. The first kappa shape index (κ1) is 17.6. The maximum absolute atomic E-state index is 12.4. The molecule has 1 fully saturated rings. The summed E-state index contributed by atoms with van der Waals surface area (Å²) in [4.78, 5) is 30.9. The molecule has 1 aliphatic heterocycles. The molecule has 0 spiro atoms. The molecule has 1 aliphatic rings. The Balaban J connectivity index is 1.44. The highest BCUT2D eigenvalue weighted by Gasteiger charge is 2.20. The summed E-state index contributed by atoms with van der Waals surface area (Å²) in [7, 11) is 0. The van der Waals surface area contributed by atoms with Crippen LogP contribution in [0.15, 0.2) is 23.1 Å². The third kappa shape index (κ3) is 3.44. The molecule has 1 saturated heterocycles. The van der Waals surface area contributed by atoms with Gasteiger partial charge in [-0.15, -0.1) is 11.3 Å². The molecular formula is C19H20N6OS. The highest BCUT2D eigenvalue weighted by Crippen LogP contribution is 2.25. The Morgan fingerprint density at radius 3 is 2.70 bits per heavy atom. The molecule has 0 radical (unpaired) electrons. The fraction of sp³-hybridized carbons (Fsp3) is 0.368. The van der Waals surface area contributed by atoms with Crippen LogP contribution in [0.1, 0.15) is 21.8 Å². The van der Waals surface area contributed by atoms with E-state index in [1.165, 1.54) is 0 Å². The van der Waals surface area contributed by atoms with Gasteiger partial charge < -0.3 is 9.88 Å². The number of pyridine rings is 1. The quantitative estimate of drug-likeness (QED) is 0.749. The lowest BCUT2D eigenvalue weighted by atomic mass is 10.2. The maximum atomic E-state index is 12.4. The summed E-state index contributed by atoms with van der Waals surface area (Å²) >= 11 is 1.58. The van der Waals surface area contributed by atoms with E-state index in [1.807, 2.05) is 19.9 Å². The van der Waals surface area contributed by atoms with Crippen molar-refractivity contribution in [3.8, 4) is 6.07 Å². The lowest BCUT2D eigenvalue weighted by molar-refractivity contribution is 0.243. The van der Waals surface area contributed by atoms with E-state index in [0.717, 1.165) is 58.5 Å². The highest BCUT2D eigenvalue weighted by molar-refractivity contribution is 7.18. The van der Waals surface area contributed by atoms with Gasteiger partial charge in [-0.2, -0.15) is 5.26 Å². The molecule has 4 rings (SSSR count).